The lowest BCUT2D eigenvalue weighted by Gasteiger charge is -2.09. The van der Waals surface area contributed by atoms with Crippen molar-refractivity contribution in [2.24, 2.45) is 0 Å². The summed E-state index contributed by atoms with van der Waals surface area (Å²) < 4.78 is 37.9. The molecular formula is C9H9F3OS. The van der Waals surface area contributed by atoms with Crippen LogP contribution in [0.25, 0.3) is 0 Å². The third kappa shape index (κ3) is 2.42. The molecule has 0 saturated carbocycles. The fourth-order valence-corrected chi connectivity index (χ4v) is 1.53. The van der Waals surface area contributed by atoms with Crippen molar-refractivity contribution in [2.75, 3.05) is 12.0 Å². The van der Waals surface area contributed by atoms with Gasteiger partial charge in [-0.3, -0.25) is 0 Å². The van der Waals surface area contributed by atoms with Gasteiger partial charge in [0, 0.05) is 5.75 Å². The molecule has 1 N–H and O–H groups in total. The van der Waals surface area contributed by atoms with Gasteiger partial charge in [-0.2, -0.15) is 11.8 Å². The molecule has 1 rings (SSSR count). The van der Waals surface area contributed by atoms with Crippen molar-refractivity contribution in [3.8, 4) is 0 Å². The van der Waals surface area contributed by atoms with E-state index in [0.717, 1.165) is 12.1 Å². The molecule has 0 aliphatic carbocycles. The van der Waals surface area contributed by atoms with Gasteiger partial charge in [0.1, 0.15) is 0 Å². The molecule has 0 aliphatic heterocycles. The molecule has 0 spiro atoms. The second-order valence-corrected chi connectivity index (χ2v) is 3.68. The zero-order valence-electron chi connectivity index (χ0n) is 7.43. The molecule has 0 heterocycles. The van der Waals surface area contributed by atoms with Crippen molar-refractivity contribution < 1.29 is 18.3 Å². The van der Waals surface area contributed by atoms with Gasteiger partial charge < -0.3 is 5.11 Å². The van der Waals surface area contributed by atoms with Crippen LogP contribution in [0.15, 0.2) is 12.1 Å². The van der Waals surface area contributed by atoms with Gasteiger partial charge in [-0.25, -0.2) is 13.2 Å². The van der Waals surface area contributed by atoms with Gasteiger partial charge in [0.2, 0.25) is 0 Å². The van der Waals surface area contributed by atoms with Crippen LogP contribution in [-0.4, -0.2) is 17.1 Å². The van der Waals surface area contributed by atoms with E-state index < -0.39 is 23.6 Å². The minimum absolute atomic E-state index is 0.0516. The highest BCUT2D eigenvalue weighted by Gasteiger charge is 2.14. The summed E-state index contributed by atoms with van der Waals surface area (Å²) >= 11 is 1.33. The van der Waals surface area contributed by atoms with Crippen LogP contribution in [0.2, 0.25) is 0 Å². The minimum Gasteiger partial charge on any atom is -0.388 e. The fraction of sp³-hybridized carbons (Fsp3) is 0.333. The zero-order valence-corrected chi connectivity index (χ0v) is 8.25. The van der Waals surface area contributed by atoms with E-state index in [9.17, 15) is 18.3 Å². The van der Waals surface area contributed by atoms with Crippen molar-refractivity contribution in [1.82, 2.24) is 0 Å². The van der Waals surface area contributed by atoms with E-state index in [-0.39, 0.29) is 5.56 Å². The van der Waals surface area contributed by atoms with Crippen LogP contribution in [0.4, 0.5) is 13.2 Å². The van der Waals surface area contributed by atoms with Gasteiger partial charge in [0.15, 0.2) is 17.5 Å². The molecule has 0 aromatic heterocycles. The third-order valence-corrected chi connectivity index (χ3v) is 2.36. The van der Waals surface area contributed by atoms with E-state index in [0.29, 0.717) is 5.75 Å². The number of aliphatic hydroxyl groups excluding tert-OH is 1. The first kappa shape index (κ1) is 11.4. The van der Waals surface area contributed by atoms with Crippen LogP contribution in [-0.2, 0) is 0 Å². The minimum atomic E-state index is -1.51. The topological polar surface area (TPSA) is 20.2 Å². The predicted octanol–water partition coefficient (Wildman–Crippen LogP) is 2.50. The highest BCUT2D eigenvalue weighted by atomic mass is 32.2. The van der Waals surface area contributed by atoms with E-state index in [1.54, 1.807) is 6.26 Å². The Bertz CT molecular complexity index is 307. The quantitative estimate of drug-likeness (QED) is 0.793. The van der Waals surface area contributed by atoms with Gasteiger partial charge >= 0.3 is 0 Å². The van der Waals surface area contributed by atoms with Crippen LogP contribution < -0.4 is 0 Å². The van der Waals surface area contributed by atoms with Crippen LogP contribution >= 0.6 is 11.8 Å². The number of hydrogen-bond donors (Lipinski definition) is 1. The lowest BCUT2D eigenvalue weighted by Crippen LogP contribution is -2.03. The molecule has 1 atom stereocenters. The van der Waals surface area contributed by atoms with E-state index in [1.807, 2.05) is 0 Å². The molecule has 1 aromatic rings. The summed E-state index contributed by atoms with van der Waals surface area (Å²) in [5, 5.41) is 9.38. The number of rotatable bonds is 3. The van der Waals surface area contributed by atoms with Crippen molar-refractivity contribution >= 4 is 11.8 Å². The second-order valence-electron chi connectivity index (χ2n) is 2.77. The summed E-state index contributed by atoms with van der Waals surface area (Å²) in [6, 6.07) is 1.61. The van der Waals surface area contributed by atoms with Crippen LogP contribution in [0, 0.1) is 17.5 Å². The largest absolute Gasteiger partial charge is 0.388 e. The Morgan fingerprint density at radius 1 is 1.29 bits per heavy atom. The molecule has 0 aliphatic rings. The number of benzene rings is 1. The maximum atomic E-state index is 12.7. The summed E-state index contributed by atoms with van der Waals surface area (Å²) in [4.78, 5) is 0. The van der Waals surface area contributed by atoms with E-state index in [4.69, 9.17) is 0 Å². The number of thioether (sulfide) groups is 1. The van der Waals surface area contributed by atoms with Gasteiger partial charge in [0.25, 0.3) is 0 Å². The first-order valence-electron chi connectivity index (χ1n) is 3.87. The molecule has 0 saturated heterocycles. The highest BCUT2D eigenvalue weighted by Crippen LogP contribution is 2.21. The summed E-state index contributed by atoms with van der Waals surface area (Å²) in [6.07, 6.45) is 0.772. The van der Waals surface area contributed by atoms with E-state index >= 15 is 0 Å². The second kappa shape index (κ2) is 4.70. The van der Waals surface area contributed by atoms with Crippen molar-refractivity contribution in [1.29, 1.82) is 0 Å². The first-order chi connectivity index (χ1) is 6.56. The van der Waals surface area contributed by atoms with Crippen LogP contribution in [0.5, 0.6) is 0 Å². The Labute approximate surface area is 83.9 Å². The Morgan fingerprint density at radius 3 is 2.21 bits per heavy atom. The van der Waals surface area contributed by atoms with Gasteiger partial charge in [-0.05, 0) is 24.0 Å². The molecule has 1 aromatic carbocycles. The average Bonchev–Trinajstić information content (AvgIpc) is 2.13. The summed E-state index contributed by atoms with van der Waals surface area (Å²) in [7, 11) is 0. The number of halogens is 3. The Balaban J connectivity index is 3.00. The molecular weight excluding hydrogens is 213 g/mol. The van der Waals surface area contributed by atoms with Crippen molar-refractivity contribution in [3.63, 3.8) is 0 Å². The summed E-state index contributed by atoms with van der Waals surface area (Å²) in [5.41, 5.74) is 0.0516. The van der Waals surface area contributed by atoms with E-state index in [2.05, 4.69) is 0 Å². The van der Waals surface area contributed by atoms with Crippen LogP contribution in [0.1, 0.15) is 11.7 Å². The Hall–Kier alpha value is -0.680. The highest BCUT2D eigenvalue weighted by molar-refractivity contribution is 7.98. The first-order valence-corrected chi connectivity index (χ1v) is 5.27. The molecule has 0 amide bonds. The van der Waals surface area contributed by atoms with Gasteiger partial charge in [-0.1, -0.05) is 0 Å². The van der Waals surface area contributed by atoms with Crippen LogP contribution in [0.3, 0.4) is 0 Å². The molecule has 78 valence electrons. The molecule has 5 heteroatoms. The normalized spacial score (nSPS) is 12.9. The zero-order chi connectivity index (χ0) is 10.7. The monoisotopic (exact) mass is 222 g/mol. The molecule has 0 radical (unpaired) electrons. The standard InChI is InChI=1S/C9H9F3OS/c1-14-4-8(13)5-2-6(10)9(12)7(11)3-5/h2-3,8,13H,4H2,1H3. The smallest absolute Gasteiger partial charge is 0.194 e. The SMILES string of the molecule is CSCC(O)c1cc(F)c(F)c(F)c1. The van der Waals surface area contributed by atoms with Gasteiger partial charge in [0.05, 0.1) is 6.10 Å². The Kier molecular flexibility index (Phi) is 3.83. The molecule has 1 nitrogen and oxygen atoms in total. The Morgan fingerprint density at radius 2 is 1.79 bits per heavy atom. The molecule has 1 unspecified atom stereocenters. The summed E-state index contributed by atoms with van der Waals surface area (Å²) in [5.74, 6) is -3.75. The third-order valence-electron chi connectivity index (χ3n) is 1.72. The van der Waals surface area contributed by atoms with Crippen molar-refractivity contribution in [3.05, 3.63) is 35.1 Å². The predicted molar refractivity (Wildman–Crippen MR) is 49.7 cm³/mol. The lowest BCUT2D eigenvalue weighted by molar-refractivity contribution is 0.202. The lowest BCUT2D eigenvalue weighted by atomic mass is 10.1. The molecule has 14 heavy (non-hydrogen) atoms. The van der Waals surface area contributed by atoms with Gasteiger partial charge in [-0.15, -0.1) is 0 Å². The van der Waals surface area contributed by atoms with E-state index in [1.165, 1.54) is 11.8 Å². The summed E-state index contributed by atoms with van der Waals surface area (Å²) in [6.45, 7) is 0. The maximum Gasteiger partial charge on any atom is 0.194 e. The fourth-order valence-electron chi connectivity index (χ4n) is 1.02. The van der Waals surface area contributed by atoms with Crippen molar-refractivity contribution in [2.45, 2.75) is 6.10 Å². The number of hydrogen-bond acceptors (Lipinski definition) is 2. The molecule has 0 fully saturated rings. The maximum absolute atomic E-state index is 12.7. The number of aliphatic hydroxyl groups is 1. The average molecular weight is 222 g/mol. The molecule has 0 bridgehead atoms.